The summed E-state index contributed by atoms with van der Waals surface area (Å²) < 4.78 is 5.27. The van der Waals surface area contributed by atoms with Crippen molar-refractivity contribution in [3.63, 3.8) is 0 Å². The fraction of sp³-hybridized carbons (Fsp3) is 0. The quantitative estimate of drug-likeness (QED) is 0.490. The molecule has 2 aromatic rings. The molecule has 0 radical (unpaired) electrons. The van der Waals surface area contributed by atoms with E-state index in [1.807, 2.05) is 0 Å². The van der Waals surface area contributed by atoms with Crippen molar-refractivity contribution in [1.29, 1.82) is 0 Å². The Morgan fingerprint density at radius 3 is 2.44 bits per heavy atom. The van der Waals surface area contributed by atoms with Crippen LogP contribution in [0, 0.1) is 10.1 Å². The highest BCUT2D eigenvalue weighted by atomic mass is 35.5. The zero-order valence-corrected chi connectivity index (χ0v) is 10.2. The fourth-order valence-electron chi connectivity index (χ4n) is 1.18. The molecule has 8 heteroatoms. The third-order valence-corrected chi connectivity index (χ3v) is 2.48. The lowest BCUT2D eigenvalue weighted by Crippen LogP contribution is -1.98. The topological polar surface area (TPSA) is 78.2 Å². The van der Waals surface area contributed by atoms with Crippen LogP contribution >= 0.6 is 23.2 Å². The molecule has 0 spiro atoms. The number of hydrogen-bond acceptors (Lipinski definition) is 5. The highest BCUT2D eigenvalue weighted by Gasteiger charge is 2.23. The maximum absolute atomic E-state index is 10.8. The van der Waals surface area contributed by atoms with Crippen molar-refractivity contribution in [3.8, 4) is 11.6 Å². The number of nitrogens with zero attached hydrogens (tertiary/aromatic N) is 3. The van der Waals surface area contributed by atoms with Gasteiger partial charge in [-0.15, -0.1) is 0 Å². The van der Waals surface area contributed by atoms with Crippen molar-refractivity contribution in [2.24, 2.45) is 0 Å². The summed E-state index contributed by atoms with van der Waals surface area (Å²) in [4.78, 5) is 17.3. The number of aromatic nitrogens is 2. The van der Waals surface area contributed by atoms with Gasteiger partial charge < -0.3 is 4.74 Å². The first-order chi connectivity index (χ1) is 8.58. The molecular formula is C10H5Cl2N3O3. The predicted molar refractivity (Wildman–Crippen MR) is 65.2 cm³/mol. The van der Waals surface area contributed by atoms with Gasteiger partial charge >= 0.3 is 11.6 Å². The molecule has 0 fully saturated rings. The van der Waals surface area contributed by atoms with Gasteiger partial charge in [-0.2, -0.15) is 4.98 Å². The Kier molecular flexibility index (Phi) is 3.59. The molecular weight excluding hydrogens is 281 g/mol. The maximum Gasteiger partial charge on any atom is 0.368 e. The van der Waals surface area contributed by atoms with E-state index in [9.17, 15) is 10.1 Å². The summed E-state index contributed by atoms with van der Waals surface area (Å²) in [6.07, 6.45) is 1.08. The zero-order chi connectivity index (χ0) is 13.1. The molecule has 0 aliphatic heterocycles. The Morgan fingerprint density at radius 2 is 1.83 bits per heavy atom. The molecule has 0 N–H and O–H groups in total. The van der Waals surface area contributed by atoms with Crippen LogP contribution < -0.4 is 4.74 Å². The lowest BCUT2D eigenvalue weighted by molar-refractivity contribution is -0.386. The average Bonchev–Trinajstić information content (AvgIpc) is 2.32. The smallest absolute Gasteiger partial charge is 0.368 e. The number of ether oxygens (including phenoxy) is 1. The van der Waals surface area contributed by atoms with E-state index in [4.69, 9.17) is 27.9 Å². The first kappa shape index (κ1) is 12.5. The molecule has 0 bridgehead atoms. The molecule has 92 valence electrons. The van der Waals surface area contributed by atoms with Crippen molar-refractivity contribution in [2.75, 3.05) is 0 Å². The number of hydrogen-bond donors (Lipinski definition) is 0. The van der Waals surface area contributed by atoms with Crippen LogP contribution in [0.4, 0.5) is 5.69 Å². The Morgan fingerprint density at radius 1 is 1.17 bits per heavy atom. The Bertz CT molecular complexity index is 589. The Labute approximate surface area is 111 Å². The summed E-state index contributed by atoms with van der Waals surface area (Å²) in [6.45, 7) is 0. The van der Waals surface area contributed by atoms with Crippen molar-refractivity contribution in [1.82, 2.24) is 9.97 Å². The van der Waals surface area contributed by atoms with Gasteiger partial charge in [0.05, 0.1) is 4.92 Å². The van der Waals surface area contributed by atoms with E-state index in [1.54, 1.807) is 24.3 Å². The second-order valence-electron chi connectivity index (χ2n) is 3.13. The molecule has 0 aliphatic carbocycles. The summed E-state index contributed by atoms with van der Waals surface area (Å²) in [5.41, 5.74) is -0.478. The van der Waals surface area contributed by atoms with Crippen LogP contribution in [-0.2, 0) is 0 Å². The third-order valence-electron chi connectivity index (χ3n) is 1.95. The molecule has 0 amide bonds. The van der Waals surface area contributed by atoms with Crippen molar-refractivity contribution < 1.29 is 9.66 Å². The summed E-state index contributed by atoms with van der Waals surface area (Å²) in [5.74, 6) is 0.139. The SMILES string of the molecule is O=[N+]([O-])c1c(Cl)ncnc1Oc1ccc(Cl)cc1. The highest BCUT2D eigenvalue weighted by Crippen LogP contribution is 2.33. The number of halogens is 2. The molecule has 0 unspecified atom stereocenters. The minimum atomic E-state index is -0.701. The highest BCUT2D eigenvalue weighted by molar-refractivity contribution is 6.31. The van der Waals surface area contributed by atoms with Gasteiger partial charge in [0.25, 0.3) is 0 Å². The van der Waals surface area contributed by atoms with Gasteiger partial charge in [-0.25, -0.2) is 4.98 Å². The van der Waals surface area contributed by atoms with E-state index in [0.717, 1.165) is 6.33 Å². The molecule has 0 aliphatic rings. The minimum Gasteiger partial charge on any atom is -0.434 e. The van der Waals surface area contributed by atoms with Crippen LogP contribution in [-0.4, -0.2) is 14.9 Å². The van der Waals surface area contributed by atoms with Crippen molar-refractivity contribution >= 4 is 28.9 Å². The first-order valence-electron chi connectivity index (χ1n) is 4.66. The van der Waals surface area contributed by atoms with Gasteiger partial charge in [0.1, 0.15) is 12.1 Å². The summed E-state index contributed by atoms with van der Waals surface area (Å²) in [5, 5.41) is 11.1. The zero-order valence-electron chi connectivity index (χ0n) is 8.71. The van der Waals surface area contributed by atoms with Gasteiger partial charge in [-0.1, -0.05) is 23.2 Å². The number of rotatable bonds is 3. The Hall–Kier alpha value is -1.92. The molecule has 0 saturated carbocycles. The molecule has 2 rings (SSSR count). The van der Waals surface area contributed by atoms with Gasteiger partial charge in [-0.3, -0.25) is 10.1 Å². The average molecular weight is 286 g/mol. The number of benzene rings is 1. The normalized spacial score (nSPS) is 10.1. The van der Waals surface area contributed by atoms with Gasteiger partial charge in [0.2, 0.25) is 5.15 Å². The summed E-state index contributed by atoms with van der Waals surface area (Å²) in [7, 11) is 0. The third kappa shape index (κ3) is 2.66. The summed E-state index contributed by atoms with van der Waals surface area (Å²) >= 11 is 11.3. The van der Waals surface area contributed by atoms with Gasteiger partial charge in [0.15, 0.2) is 0 Å². The minimum absolute atomic E-state index is 0.220. The molecule has 1 aromatic carbocycles. The van der Waals surface area contributed by atoms with Gasteiger partial charge in [0, 0.05) is 5.02 Å². The van der Waals surface area contributed by atoms with Crippen molar-refractivity contribution in [2.45, 2.75) is 0 Å². The van der Waals surface area contributed by atoms with Crippen LogP contribution in [0.25, 0.3) is 0 Å². The second kappa shape index (κ2) is 5.16. The van der Waals surface area contributed by atoms with Crippen LogP contribution in [0.2, 0.25) is 10.2 Å². The molecule has 0 atom stereocenters. The van der Waals surface area contributed by atoms with E-state index in [-0.39, 0.29) is 11.0 Å². The molecule has 0 saturated heterocycles. The fourth-order valence-corrected chi connectivity index (χ4v) is 1.50. The molecule has 1 heterocycles. The second-order valence-corrected chi connectivity index (χ2v) is 3.93. The largest absolute Gasteiger partial charge is 0.434 e. The predicted octanol–water partition coefficient (Wildman–Crippen LogP) is 3.48. The standard InChI is InChI=1S/C10H5Cl2N3O3/c11-6-1-3-7(4-2-6)18-10-8(15(16)17)9(12)13-5-14-10/h1-5H. The maximum atomic E-state index is 10.8. The van der Waals surface area contributed by atoms with E-state index in [2.05, 4.69) is 9.97 Å². The number of nitro groups is 1. The molecule has 18 heavy (non-hydrogen) atoms. The van der Waals surface area contributed by atoms with E-state index < -0.39 is 10.6 Å². The van der Waals surface area contributed by atoms with Crippen LogP contribution in [0.15, 0.2) is 30.6 Å². The van der Waals surface area contributed by atoms with Gasteiger partial charge in [-0.05, 0) is 24.3 Å². The monoisotopic (exact) mass is 285 g/mol. The van der Waals surface area contributed by atoms with Crippen LogP contribution in [0.5, 0.6) is 11.6 Å². The Balaban J connectivity index is 2.37. The van der Waals surface area contributed by atoms with E-state index >= 15 is 0 Å². The van der Waals surface area contributed by atoms with Crippen LogP contribution in [0.1, 0.15) is 0 Å². The lowest BCUT2D eigenvalue weighted by atomic mass is 10.3. The van der Waals surface area contributed by atoms with E-state index in [0.29, 0.717) is 10.8 Å². The molecule has 6 nitrogen and oxygen atoms in total. The van der Waals surface area contributed by atoms with Crippen LogP contribution in [0.3, 0.4) is 0 Å². The summed E-state index contributed by atoms with van der Waals surface area (Å²) in [6, 6.07) is 6.29. The molecule has 1 aromatic heterocycles. The van der Waals surface area contributed by atoms with E-state index in [1.165, 1.54) is 0 Å². The van der Waals surface area contributed by atoms with Crippen molar-refractivity contribution in [3.05, 3.63) is 50.9 Å². The first-order valence-corrected chi connectivity index (χ1v) is 5.42. The lowest BCUT2D eigenvalue weighted by Gasteiger charge is -2.05.